The molecule has 0 heterocycles. The maximum atomic E-state index is 11.5. The van der Waals surface area contributed by atoms with Crippen molar-refractivity contribution in [2.24, 2.45) is 5.73 Å². The number of amides is 1. The fourth-order valence-electron chi connectivity index (χ4n) is 1.82. The van der Waals surface area contributed by atoms with Crippen molar-refractivity contribution in [1.82, 2.24) is 0 Å². The Morgan fingerprint density at radius 3 is 2.50 bits per heavy atom. The highest BCUT2D eigenvalue weighted by molar-refractivity contribution is 6.35. The molecule has 0 radical (unpaired) electrons. The Balaban J connectivity index is 2.53. The molecule has 0 unspecified atom stereocenters. The van der Waals surface area contributed by atoms with E-state index in [4.69, 9.17) is 34.7 Å². The van der Waals surface area contributed by atoms with Crippen molar-refractivity contribution in [2.45, 2.75) is 6.92 Å². The van der Waals surface area contributed by atoms with E-state index in [1.165, 1.54) is 6.07 Å². The van der Waals surface area contributed by atoms with Crippen LogP contribution in [-0.4, -0.2) is 5.91 Å². The van der Waals surface area contributed by atoms with Crippen LogP contribution in [0.15, 0.2) is 30.3 Å². The Bertz CT molecular complexity index is 686. The summed E-state index contributed by atoms with van der Waals surface area (Å²) in [6, 6.07) is 8.50. The molecule has 2 aromatic carbocycles. The molecule has 4 nitrogen and oxygen atoms in total. The zero-order valence-corrected chi connectivity index (χ0v) is 12.2. The molecule has 1 amide bonds. The van der Waals surface area contributed by atoms with Crippen LogP contribution in [0.1, 0.15) is 15.9 Å². The van der Waals surface area contributed by atoms with Gasteiger partial charge in [0.1, 0.15) is 0 Å². The standard InChI is InChI=1S/C14H13Cl2N3O/c1-7-2-3-10(15)12(4-7)19-13-9(14(18)20)5-8(17)6-11(13)16/h2-6,19H,17H2,1H3,(H2,18,20). The number of carbonyl (C=O) groups is 1. The molecule has 0 aromatic heterocycles. The monoisotopic (exact) mass is 309 g/mol. The van der Waals surface area contributed by atoms with Gasteiger partial charge in [-0.2, -0.15) is 0 Å². The number of aryl methyl sites for hydroxylation is 1. The van der Waals surface area contributed by atoms with Gasteiger partial charge in [0, 0.05) is 5.69 Å². The Morgan fingerprint density at radius 2 is 1.85 bits per heavy atom. The molecule has 5 N–H and O–H groups in total. The SMILES string of the molecule is Cc1ccc(Cl)c(Nc2c(Cl)cc(N)cc2C(N)=O)c1. The molecule has 20 heavy (non-hydrogen) atoms. The Hall–Kier alpha value is -1.91. The first-order chi connectivity index (χ1) is 9.38. The Labute approximate surface area is 126 Å². The summed E-state index contributed by atoms with van der Waals surface area (Å²) in [5.41, 5.74) is 13.6. The van der Waals surface area contributed by atoms with E-state index in [0.717, 1.165) is 5.56 Å². The molecule has 0 aliphatic heterocycles. The highest BCUT2D eigenvalue weighted by atomic mass is 35.5. The van der Waals surface area contributed by atoms with E-state index in [-0.39, 0.29) is 5.56 Å². The largest absolute Gasteiger partial charge is 0.399 e. The number of halogens is 2. The predicted octanol–water partition coefficient (Wildman–Crippen LogP) is 3.73. The summed E-state index contributed by atoms with van der Waals surface area (Å²) in [5, 5.41) is 3.85. The van der Waals surface area contributed by atoms with Crippen LogP contribution in [0.3, 0.4) is 0 Å². The zero-order valence-electron chi connectivity index (χ0n) is 10.7. The Kier molecular flexibility index (Phi) is 4.06. The van der Waals surface area contributed by atoms with E-state index in [9.17, 15) is 4.79 Å². The second-order valence-electron chi connectivity index (χ2n) is 4.40. The third-order valence-corrected chi connectivity index (χ3v) is 3.39. The molecule has 0 aliphatic carbocycles. The average molecular weight is 310 g/mol. The second kappa shape index (κ2) is 5.61. The summed E-state index contributed by atoms with van der Waals surface area (Å²) in [6.45, 7) is 1.93. The number of anilines is 3. The van der Waals surface area contributed by atoms with Crippen LogP contribution in [0.25, 0.3) is 0 Å². The number of hydrogen-bond donors (Lipinski definition) is 3. The molecule has 0 spiro atoms. The maximum absolute atomic E-state index is 11.5. The van der Waals surface area contributed by atoms with Crippen LogP contribution in [0.5, 0.6) is 0 Å². The number of benzene rings is 2. The van der Waals surface area contributed by atoms with Gasteiger partial charge in [-0.3, -0.25) is 4.79 Å². The minimum atomic E-state index is -0.620. The first-order valence-corrected chi connectivity index (χ1v) is 6.56. The summed E-state index contributed by atoms with van der Waals surface area (Å²) in [5.74, 6) is -0.620. The van der Waals surface area contributed by atoms with Gasteiger partial charge in [0.15, 0.2) is 0 Å². The first kappa shape index (κ1) is 14.5. The molecule has 0 aliphatic rings. The van der Waals surface area contributed by atoms with Crippen LogP contribution in [0.2, 0.25) is 10.0 Å². The minimum Gasteiger partial charge on any atom is -0.399 e. The summed E-state index contributed by atoms with van der Waals surface area (Å²) in [7, 11) is 0. The molecule has 0 saturated carbocycles. The summed E-state index contributed by atoms with van der Waals surface area (Å²) in [4.78, 5) is 11.5. The van der Waals surface area contributed by atoms with Crippen LogP contribution >= 0.6 is 23.2 Å². The lowest BCUT2D eigenvalue weighted by Crippen LogP contribution is -2.14. The van der Waals surface area contributed by atoms with E-state index >= 15 is 0 Å². The summed E-state index contributed by atoms with van der Waals surface area (Å²) in [6.07, 6.45) is 0. The van der Waals surface area contributed by atoms with Crippen LogP contribution in [-0.2, 0) is 0 Å². The van der Waals surface area contributed by atoms with E-state index < -0.39 is 5.91 Å². The molecule has 0 fully saturated rings. The lowest BCUT2D eigenvalue weighted by molar-refractivity contribution is 0.100. The maximum Gasteiger partial charge on any atom is 0.250 e. The molecule has 0 saturated heterocycles. The summed E-state index contributed by atoms with van der Waals surface area (Å²) >= 11 is 12.2. The van der Waals surface area contributed by atoms with Gasteiger partial charge in [-0.25, -0.2) is 0 Å². The van der Waals surface area contributed by atoms with Crippen LogP contribution in [0.4, 0.5) is 17.1 Å². The van der Waals surface area contributed by atoms with Crippen molar-refractivity contribution >= 4 is 46.2 Å². The van der Waals surface area contributed by atoms with Crippen molar-refractivity contribution in [1.29, 1.82) is 0 Å². The van der Waals surface area contributed by atoms with Gasteiger partial charge in [0.05, 0.1) is 27.0 Å². The number of hydrogen-bond acceptors (Lipinski definition) is 3. The molecule has 0 atom stereocenters. The highest BCUT2D eigenvalue weighted by Crippen LogP contribution is 2.34. The average Bonchev–Trinajstić information content (AvgIpc) is 2.36. The lowest BCUT2D eigenvalue weighted by Gasteiger charge is -2.14. The smallest absolute Gasteiger partial charge is 0.250 e. The lowest BCUT2D eigenvalue weighted by atomic mass is 10.1. The minimum absolute atomic E-state index is 0.215. The van der Waals surface area contributed by atoms with Gasteiger partial charge < -0.3 is 16.8 Å². The van der Waals surface area contributed by atoms with Crippen molar-refractivity contribution in [3.63, 3.8) is 0 Å². The second-order valence-corrected chi connectivity index (χ2v) is 5.21. The molecular weight excluding hydrogens is 297 g/mol. The number of primary amides is 1. The highest BCUT2D eigenvalue weighted by Gasteiger charge is 2.14. The number of carbonyl (C=O) groups excluding carboxylic acids is 1. The van der Waals surface area contributed by atoms with Crippen molar-refractivity contribution in [3.05, 3.63) is 51.5 Å². The molecule has 2 rings (SSSR count). The van der Waals surface area contributed by atoms with Crippen LogP contribution in [0, 0.1) is 6.92 Å². The molecule has 6 heteroatoms. The predicted molar refractivity (Wildman–Crippen MR) is 83.9 cm³/mol. The first-order valence-electron chi connectivity index (χ1n) is 5.80. The molecule has 0 bridgehead atoms. The normalized spacial score (nSPS) is 10.3. The van der Waals surface area contributed by atoms with Crippen molar-refractivity contribution in [3.8, 4) is 0 Å². The summed E-state index contributed by atoms with van der Waals surface area (Å²) < 4.78 is 0. The van der Waals surface area contributed by atoms with Crippen LogP contribution < -0.4 is 16.8 Å². The molecule has 104 valence electrons. The van der Waals surface area contributed by atoms with Gasteiger partial charge in [-0.15, -0.1) is 0 Å². The van der Waals surface area contributed by atoms with Gasteiger partial charge in [-0.05, 0) is 36.8 Å². The van der Waals surface area contributed by atoms with Gasteiger partial charge in [0.2, 0.25) is 0 Å². The topological polar surface area (TPSA) is 81.1 Å². The van der Waals surface area contributed by atoms with E-state index in [1.807, 2.05) is 19.1 Å². The zero-order chi connectivity index (χ0) is 14.9. The van der Waals surface area contributed by atoms with E-state index in [0.29, 0.717) is 27.1 Å². The van der Waals surface area contributed by atoms with Crippen molar-refractivity contribution < 1.29 is 4.79 Å². The van der Waals surface area contributed by atoms with E-state index in [1.54, 1.807) is 12.1 Å². The van der Waals surface area contributed by atoms with Gasteiger partial charge in [0.25, 0.3) is 5.91 Å². The third kappa shape index (κ3) is 2.98. The molecule has 2 aromatic rings. The number of nitrogen functional groups attached to an aromatic ring is 1. The number of rotatable bonds is 3. The van der Waals surface area contributed by atoms with E-state index in [2.05, 4.69) is 5.32 Å². The van der Waals surface area contributed by atoms with Gasteiger partial charge >= 0.3 is 0 Å². The van der Waals surface area contributed by atoms with Gasteiger partial charge in [-0.1, -0.05) is 29.3 Å². The number of nitrogens with two attached hydrogens (primary N) is 2. The fraction of sp³-hybridized carbons (Fsp3) is 0.0714. The molecular formula is C14H13Cl2N3O. The third-order valence-electron chi connectivity index (χ3n) is 2.76. The number of nitrogens with one attached hydrogen (secondary N) is 1. The Morgan fingerprint density at radius 1 is 1.15 bits per heavy atom. The van der Waals surface area contributed by atoms with Crippen molar-refractivity contribution in [2.75, 3.05) is 11.1 Å². The quantitative estimate of drug-likeness (QED) is 0.756. The fourth-order valence-corrected chi connectivity index (χ4v) is 2.26.